The summed E-state index contributed by atoms with van der Waals surface area (Å²) in [4.78, 5) is 40.0. The van der Waals surface area contributed by atoms with Crippen molar-refractivity contribution in [3.63, 3.8) is 0 Å². The van der Waals surface area contributed by atoms with Crippen LogP contribution in [-0.2, 0) is 20.8 Å². The summed E-state index contributed by atoms with van der Waals surface area (Å²) in [6.07, 6.45) is 0.0835. The normalized spacial score (nSPS) is 11.9. The van der Waals surface area contributed by atoms with Crippen LogP contribution < -0.4 is 5.32 Å². The van der Waals surface area contributed by atoms with Crippen molar-refractivity contribution >= 4 is 18.0 Å². The van der Waals surface area contributed by atoms with Gasteiger partial charge in [0, 0.05) is 25.1 Å². The van der Waals surface area contributed by atoms with Crippen LogP contribution in [0.2, 0.25) is 0 Å². The summed E-state index contributed by atoms with van der Waals surface area (Å²) >= 11 is 0. The number of rotatable bonds is 9. The van der Waals surface area contributed by atoms with Gasteiger partial charge in [-0.2, -0.15) is 0 Å². The van der Waals surface area contributed by atoms with Crippen molar-refractivity contribution in [1.29, 1.82) is 0 Å². The Morgan fingerprint density at radius 1 is 0.914 bits per heavy atom. The lowest BCUT2D eigenvalue weighted by molar-refractivity contribution is -0.159. The highest BCUT2D eigenvalue weighted by Crippen LogP contribution is 2.44. The van der Waals surface area contributed by atoms with E-state index in [1.165, 1.54) is 18.2 Å². The molecule has 0 atom stereocenters. The van der Waals surface area contributed by atoms with E-state index in [1.54, 1.807) is 24.3 Å². The number of nitrogens with zero attached hydrogens (tertiary/aromatic N) is 1. The maximum Gasteiger partial charge on any atom is 0.407 e. The van der Waals surface area contributed by atoms with Crippen molar-refractivity contribution in [3.05, 3.63) is 95.1 Å². The van der Waals surface area contributed by atoms with Crippen molar-refractivity contribution in [2.45, 2.75) is 12.3 Å². The van der Waals surface area contributed by atoms with Crippen molar-refractivity contribution in [2.75, 3.05) is 26.8 Å². The largest absolute Gasteiger partial charge is 0.479 e. The number of carbonyl (C=O) groups is 3. The molecule has 0 aromatic heterocycles. The zero-order valence-electron chi connectivity index (χ0n) is 19.3. The van der Waals surface area contributed by atoms with Crippen LogP contribution >= 0.6 is 0 Å². The quantitative estimate of drug-likeness (QED) is 0.457. The van der Waals surface area contributed by atoms with E-state index < -0.39 is 24.6 Å². The molecule has 0 spiro atoms. The van der Waals surface area contributed by atoms with Gasteiger partial charge in [-0.05, 0) is 46.4 Å². The van der Waals surface area contributed by atoms with Gasteiger partial charge in [-0.3, -0.25) is 9.63 Å². The highest BCUT2D eigenvalue weighted by Gasteiger charge is 2.28. The van der Waals surface area contributed by atoms with Gasteiger partial charge in [-0.15, -0.1) is 0 Å². The van der Waals surface area contributed by atoms with Gasteiger partial charge in [0.15, 0.2) is 6.61 Å². The minimum Gasteiger partial charge on any atom is -0.479 e. The third kappa shape index (κ3) is 5.67. The Morgan fingerprint density at radius 2 is 1.51 bits per heavy atom. The molecule has 0 fully saturated rings. The molecule has 0 bridgehead atoms. The minimum atomic E-state index is -1.16. The number of aliphatic carboxylic acids is 1. The van der Waals surface area contributed by atoms with Crippen molar-refractivity contribution in [2.24, 2.45) is 0 Å². The van der Waals surface area contributed by atoms with Crippen molar-refractivity contribution in [1.82, 2.24) is 10.4 Å². The van der Waals surface area contributed by atoms with Crippen molar-refractivity contribution in [3.8, 4) is 11.1 Å². The summed E-state index contributed by atoms with van der Waals surface area (Å²) in [7, 11) is 1.36. The first-order chi connectivity index (χ1) is 16.9. The number of hydroxylamine groups is 2. The number of hydrogen-bond acceptors (Lipinski definition) is 5. The molecule has 180 valence electrons. The molecule has 2 amide bonds. The topological polar surface area (TPSA) is 105 Å². The van der Waals surface area contributed by atoms with Gasteiger partial charge >= 0.3 is 12.1 Å². The van der Waals surface area contributed by atoms with E-state index in [-0.39, 0.29) is 12.5 Å². The van der Waals surface area contributed by atoms with Gasteiger partial charge in [0.1, 0.15) is 6.61 Å². The smallest absolute Gasteiger partial charge is 0.407 e. The van der Waals surface area contributed by atoms with Gasteiger partial charge in [0.25, 0.3) is 5.91 Å². The van der Waals surface area contributed by atoms with E-state index in [0.29, 0.717) is 18.5 Å². The Balaban J connectivity index is 1.24. The molecule has 2 N–H and O–H groups in total. The Kier molecular flexibility index (Phi) is 7.42. The standard InChI is InChI=1S/C27H26N2O6/c1-29(35-17-25(30)31)26(32)19-12-10-18(11-13-19)14-15-28-27(33)34-16-24-22-8-4-2-6-20(22)21-7-3-5-9-23(21)24/h2-13,24H,14-17H2,1H3,(H,28,33)(H,30,31). The molecule has 3 aromatic rings. The van der Waals surface area contributed by atoms with Crippen LogP contribution in [0.4, 0.5) is 4.79 Å². The maximum absolute atomic E-state index is 12.3. The first-order valence-corrected chi connectivity index (χ1v) is 11.2. The number of carboxylic acid groups (broad SMARTS) is 1. The number of carboxylic acids is 1. The van der Waals surface area contributed by atoms with Gasteiger partial charge in [-0.1, -0.05) is 60.7 Å². The van der Waals surface area contributed by atoms with Gasteiger partial charge in [0.05, 0.1) is 0 Å². The lowest BCUT2D eigenvalue weighted by Gasteiger charge is -2.16. The molecule has 0 aliphatic heterocycles. The number of fused-ring (bicyclic) bond motifs is 3. The third-order valence-electron chi connectivity index (χ3n) is 5.90. The molecule has 0 saturated carbocycles. The fourth-order valence-corrected chi connectivity index (χ4v) is 4.16. The molecule has 0 heterocycles. The van der Waals surface area contributed by atoms with E-state index in [1.807, 2.05) is 24.3 Å². The number of hydrogen-bond donors (Lipinski definition) is 2. The van der Waals surface area contributed by atoms with Gasteiger partial charge in [-0.25, -0.2) is 14.7 Å². The van der Waals surface area contributed by atoms with Gasteiger partial charge in [0.2, 0.25) is 0 Å². The molecule has 8 nitrogen and oxygen atoms in total. The Hall–Kier alpha value is -4.17. The molecule has 0 saturated heterocycles. The molecule has 4 rings (SSSR count). The van der Waals surface area contributed by atoms with Crippen LogP contribution in [0.15, 0.2) is 72.8 Å². The molecule has 0 radical (unpaired) electrons. The second-order valence-electron chi connectivity index (χ2n) is 8.17. The molecule has 1 aliphatic rings. The maximum atomic E-state index is 12.3. The van der Waals surface area contributed by atoms with E-state index in [2.05, 4.69) is 29.6 Å². The number of benzene rings is 3. The van der Waals surface area contributed by atoms with Crippen LogP contribution in [0.1, 0.15) is 33.0 Å². The highest BCUT2D eigenvalue weighted by atomic mass is 16.7. The second-order valence-corrected chi connectivity index (χ2v) is 8.17. The SMILES string of the molecule is CN(OCC(=O)O)C(=O)c1ccc(CCNC(=O)OCC2c3ccccc3-c3ccccc32)cc1. The minimum absolute atomic E-state index is 0.0100. The molecular weight excluding hydrogens is 448 g/mol. The number of alkyl carbamates (subject to hydrolysis) is 1. The predicted octanol–water partition coefficient (Wildman–Crippen LogP) is 3.86. The summed E-state index contributed by atoms with van der Waals surface area (Å²) in [5.74, 6) is -1.60. The summed E-state index contributed by atoms with van der Waals surface area (Å²) in [6.45, 7) is 0.0432. The molecule has 0 unspecified atom stereocenters. The first kappa shape index (κ1) is 24.0. The Morgan fingerprint density at radius 3 is 2.11 bits per heavy atom. The lowest BCUT2D eigenvalue weighted by Crippen LogP contribution is -2.29. The third-order valence-corrected chi connectivity index (χ3v) is 5.90. The fraction of sp³-hybridized carbons (Fsp3) is 0.222. The number of ether oxygens (including phenoxy) is 1. The first-order valence-electron chi connectivity index (χ1n) is 11.2. The summed E-state index contributed by atoms with van der Waals surface area (Å²) < 4.78 is 5.54. The lowest BCUT2D eigenvalue weighted by atomic mass is 9.98. The van der Waals surface area contributed by atoms with E-state index in [0.717, 1.165) is 21.8 Å². The van der Waals surface area contributed by atoms with Crippen molar-refractivity contribution < 1.29 is 29.1 Å². The molecule has 8 heteroatoms. The van der Waals surface area contributed by atoms with Crippen LogP contribution in [-0.4, -0.2) is 54.9 Å². The summed E-state index contributed by atoms with van der Waals surface area (Å²) in [5, 5.41) is 12.3. The zero-order valence-corrected chi connectivity index (χ0v) is 19.3. The molecular formula is C27H26N2O6. The summed E-state index contributed by atoms with van der Waals surface area (Å²) in [5.41, 5.74) is 5.98. The van der Waals surface area contributed by atoms with E-state index >= 15 is 0 Å². The number of carbonyl (C=O) groups excluding carboxylic acids is 2. The second kappa shape index (κ2) is 10.8. The summed E-state index contributed by atoms with van der Waals surface area (Å²) in [6, 6.07) is 23.2. The monoisotopic (exact) mass is 474 g/mol. The van der Waals surface area contributed by atoms with Crippen LogP contribution in [0.25, 0.3) is 11.1 Å². The molecule has 3 aromatic carbocycles. The van der Waals surface area contributed by atoms with Crippen LogP contribution in [0.3, 0.4) is 0 Å². The average molecular weight is 475 g/mol. The fourth-order valence-electron chi connectivity index (χ4n) is 4.16. The Bertz CT molecular complexity index is 1180. The van der Waals surface area contributed by atoms with Crippen LogP contribution in [0.5, 0.6) is 0 Å². The zero-order chi connectivity index (χ0) is 24.8. The van der Waals surface area contributed by atoms with Gasteiger partial charge < -0.3 is 15.2 Å². The predicted molar refractivity (Wildman–Crippen MR) is 129 cm³/mol. The van der Waals surface area contributed by atoms with Crippen LogP contribution in [0, 0.1) is 0 Å². The Labute approximate surface area is 203 Å². The average Bonchev–Trinajstić information content (AvgIpc) is 3.19. The van der Waals surface area contributed by atoms with E-state index in [9.17, 15) is 14.4 Å². The van der Waals surface area contributed by atoms with E-state index in [4.69, 9.17) is 14.7 Å². The number of nitrogens with one attached hydrogen (secondary N) is 1. The molecule has 35 heavy (non-hydrogen) atoms. The number of amides is 2. The molecule has 1 aliphatic carbocycles. The highest BCUT2D eigenvalue weighted by molar-refractivity contribution is 5.93.